The predicted octanol–water partition coefficient (Wildman–Crippen LogP) is 3.02. The Morgan fingerprint density at radius 3 is 3.06 bits per heavy atom. The summed E-state index contributed by atoms with van der Waals surface area (Å²) in [5.41, 5.74) is 2.13. The van der Waals surface area contributed by atoms with Crippen molar-refractivity contribution in [2.75, 3.05) is 5.75 Å². The zero-order valence-corrected chi connectivity index (χ0v) is 11.8. The minimum Gasteiger partial charge on any atom is -0.345 e. The van der Waals surface area contributed by atoms with Crippen LogP contribution < -0.4 is 5.43 Å². The van der Waals surface area contributed by atoms with E-state index in [1.165, 1.54) is 4.90 Å². The molecule has 0 bridgehead atoms. The molecular formula is C12H10INOS. The van der Waals surface area contributed by atoms with Crippen molar-refractivity contribution in [2.24, 2.45) is 0 Å². The molecule has 0 N–H and O–H groups in total. The van der Waals surface area contributed by atoms with Gasteiger partial charge in [0.25, 0.3) is 0 Å². The second kappa shape index (κ2) is 3.77. The van der Waals surface area contributed by atoms with Gasteiger partial charge in [-0.05, 0) is 41.6 Å². The highest BCUT2D eigenvalue weighted by Gasteiger charge is 2.15. The summed E-state index contributed by atoms with van der Waals surface area (Å²) in [5, 5.41) is 0.870. The Balaban J connectivity index is 2.57. The van der Waals surface area contributed by atoms with Crippen molar-refractivity contribution < 1.29 is 0 Å². The molecule has 0 unspecified atom stereocenters. The maximum atomic E-state index is 12.1. The molecule has 1 aliphatic rings. The van der Waals surface area contributed by atoms with Gasteiger partial charge in [-0.2, -0.15) is 0 Å². The van der Waals surface area contributed by atoms with Crippen LogP contribution in [0.4, 0.5) is 0 Å². The second-order valence-corrected chi connectivity index (χ2v) is 6.37. The molecule has 0 fully saturated rings. The van der Waals surface area contributed by atoms with E-state index in [1.807, 2.05) is 30.9 Å². The van der Waals surface area contributed by atoms with E-state index >= 15 is 0 Å². The van der Waals surface area contributed by atoms with Gasteiger partial charge < -0.3 is 4.57 Å². The van der Waals surface area contributed by atoms with Gasteiger partial charge in [-0.3, -0.25) is 4.79 Å². The van der Waals surface area contributed by atoms with E-state index in [-0.39, 0.29) is 5.43 Å². The van der Waals surface area contributed by atoms with E-state index in [4.69, 9.17) is 0 Å². The smallest absolute Gasteiger partial charge is 0.192 e. The number of aromatic nitrogens is 1. The first kappa shape index (κ1) is 10.7. The molecule has 2 heterocycles. The zero-order chi connectivity index (χ0) is 11.3. The summed E-state index contributed by atoms with van der Waals surface area (Å²) >= 11 is 4.12. The van der Waals surface area contributed by atoms with Crippen LogP contribution in [0.15, 0.2) is 28.0 Å². The fourth-order valence-corrected chi connectivity index (χ4v) is 4.07. The summed E-state index contributed by atoms with van der Waals surface area (Å²) in [4.78, 5) is 13.3. The van der Waals surface area contributed by atoms with Crippen molar-refractivity contribution >= 4 is 45.3 Å². The summed E-state index contributed by atoms with van der Waals surface area (Å²) in [5.74, 6) is 1.09. The zero-order valence-electron chi connectivity index (χ0n) is 8.79. The molecule has 1 aromatic heterocycles. The maximum absolute atomic E-state index is 12.1. The average molecular weight is 343 g/mol. The third kappa shape index (κ3) is 1.50. The third-order valence-electron chi connectivity index (χ3n) is 2.87. The first-order valence-corrected chi connectivity index (χ1v) is 7.19. The van der Waals surface area contributed by atoms with Gasteiger partial charge in [0.2, 0.25) is 0 Å². The van der Waals surface area contributed by atoms with Gasteiger partial charge in [-0.25, -0.2) is 0 Å². The SMILES string of the molecule is Cc1cn2c3c(cc(I)cc3c1=O)SCC2. The normalized spacial score (nSPS) is 14.4. The number of hydrogen-bond donors (Lipinski definition) is 0. The van der Waals surface area contributed by atoms with E-state index in [2.05, 4.69) is 33.2 Å². The number of benzene rings is 1. The lowest BCUT2D eigenvalue weighted by atomic mass is 10.1. The van der Waals surface area contributed by atoms with E-state index in [0.29, 0.717) is 0 Å². The molecule has 1 aromatic carbocycles. The maximum Gasteiger partial charge on any atom is 0.192 e. The Hall–Kier alpha value is -0.490. The number of nitrogens with zero attached hydrogens (tertiary/aromatic N) is 1. The van der Waals surface area contributed by atoms with Crippen LogP contribution in [-0.2, 0) is 6.54 Å². The Kier molecular flexibility index (Phi) is 2.51. The molecule has 0 atom stereocenters. The highest BCUT2D eigenvalue weighted by Crippen LogP contribution is 2.32. The molecule has 4 heteroatoms. The van der Waals surface area contributed by atoms with Crippen molar-refractivity contribution in [1.29, 1.82) is 0 Å². The minimum atomic E-state index is 0.175. The lowest BCUT2D eigenvalue weighted by Gasteiger charge is -2.20. The molecule has 3 rings (SSSR count). The fraction of sp³-hybridized carbons (Fsp3) is 0.250. The van der Waals surface area contributed by atoms with Gasteiger partial charge in [0.15, 0.2) is 5.43 Å². The highest BCUT2D eigenvalue weighted by atomic mass is 127. The topological polar surface area (TPSA) is 22.0 Å². The number of hydrogen-bond acceptors (Lipinski definition) is 2. The minimum absolute atomic E-state index is 0.175. The molecule has 0 saturated carbocycles. The lowest BCUT2D eigenvalue weighted by Crippen LogP contribution is -2.16. The molecule has 2 nitrogen and oxygen atoms in total. The van der Waals surface area contributed by atoms with Crippen LogP contribution in [0.5, 0.6) is 0 Å². The highest BCUT2D eigenvalue weighted by molar-refractivity contribution is 14.1. The molecule has 1 aliphatic heterocycles. The van der Waals surface area contributed by atoms with Crippen LogP contribution in [0, 0.1) is 10.5 Å². The van der Waals surface area contributed by atoms with Crippen molar-refractivity contribution in [1.82, 2.24) is 4.57 Å². The van der Waals surface area contributed by atoms with Crippen LogP contribution in [0.2, 0.25) is 0 Å². The standard InChI is InChI=1S/C12H10INOS/c1-7-6-14-2-3-16-10-5-8(13)4-9(11(10)14)12(7)15/h4-6H,2-3H2,1H3. The first-order chi connectivity index (χ1) is 7.66. The molecule has 0 amide bonds. The van der Waals surface area contributed by atoms with Crippen LogP contribution in [-0.4, -0.2) is 10.3 Å². The van der Waals surface area contributed by atoms with Gasteiger partial charge in [-0.1, -0.05) is 0 Å². The Morgan fingerprint density at radius 1 is 1.44 bits per heavy atom. The van der Waals surface area contributed by atoms with Crippen molar-refractivity contribution in [3.63, 3.8) is 0 Å². The number of thioether (sulfide) groups is 1. The van der Waals surface area contributed by atoms with E-state index in [9.17, 15) is 4.79 Å². The van der Waals surface area contributed by atoms with Crippen LogP contribution >= 0.6 is 34.4 Å². The Bertz CT molecular complexity index is 637. The Labute approximate surface area is 111 Å². The summed E-state index contributed by atoms with van der Waals surface area (Å²) in [7, 11) is 0. The molecule has 0 radical (unpaired) electrons. The summed E-state index contributed by atoms with van der Waals surface area (Å²) in [6, 6.07) is 4.16. The monoisotopic (exact) mass is 343 g/mol. The summed E-state index contributed by atoms with van der Waals surface area (Å²) < 4.78 is 3.36. The quantitative estimate of drug-likeness (QED) is 0.686. The second-order valence-electron chi connectivity index (χ2n) is 3.98. The van der Waals surface area contributed by atoms with Gasteiger partial charge in [0.05, 0.1) is 5.52 Å². The molecule has 0 saturated heterocycles. The van der Waals surface area contributed by atoms with Crippen LogP contribution in [0.25, 0.3) is 10.9 Å². The lowest BCUT2D eigenvalue weighted by molar-refractivity contribution is 0.776. The largest absolute Gasteiger partial charge is 0.345 e. The molecule has 16 heavy (non-hydrogen) atoms. The van der Waals surface area contributed by atoms with Crippen molar-refractivity contribution in [2.45, 2.75) is 18.4 Å². The van der Waals surface area contributed by atoms with E-state index in [1.54, 1.807) is 0 Å². The molecule has 0 aliphatic carbocycles. The molecule has 2 aromatic rings. The van der Waals surface area contributed by atoms with Crippen LogP contribution in [0.3, 0.4) is 0 Å². The number of pyridine rings is 1. The Morgan fingerprint density at radius 2 is 2.25 bits per heavy atom. The summed E-state index contributed by atoms with van der Waals surface area (Å²) in [6.45, 7) is 2.89. The van der Waals surface area contributed by atoms with Crippen LogP contribution in [0.1, 0.15) is 5.56 Å². The van der Waals surface area contributed by atoms with Gasteiger partial charge in [0, 0.05) is 37.9 Å². The number of rotatable bonds is 0. The van der Waals surface area contributed by atoms with Crippen molar-refractivity contribution in [3.05, 3.63) is 37.7 Å². The van der Waals surface area contributed by atoms with Gasteiger partial charge >= 0.3 is 0 Å². The fourth-order valence-electron chi connectivity index (χ4n) is 2.15. The number of halogens is 1. The third-order valence-corrected chi connectivity index (χ3v) is 4.50. The first-order valence-electron chi connectivity index (χ1n) is 5.13. The predicted molar refractivity (Wildman–Crippen MR) is 76.4 cm³/mol. The molecule has 82 valence electrons. The van der Waals surface area contributed by atoms with E-state index < -0.39 is 0 Å². The van der Waals surface area contributed by atoms with Gasteiger partial charge in [-0.15, -0.1) is 11.8 Å². The van der Waals surface area contributed by atoms with Gasteiger partial charge in [0.1, 0.15) is 0 Å². The number of aryl methyl sites for hydroxylation is 2. The summed E-state index contributed by atoms with van der Waals surface area (Å²) in [6.07, 6.45) is 1.99. The van der Waals surface area contributed by atoms with Crippen molar-refractivity contribution in [3.8, 4) is 0 Å². The van der Waals surface area contributed by atoms with E-state index in [0.717, 1.165) is 32.3 Å². The molecule has 0 spiro atoms. The average Bonchev–Trinajstić information content (AvgIpc) is 2.25. The molecular weight excluding hydrogens is 333 g/mol.